The molecule has 0 aliphatic carbocycles. The zero-order valence-corrected chi connectivity index (χ0v) is 10.0. The van der Waals surface area contributed by atoms with Gasteiger partial charge in [-0.05, 0) is 12.8 Å². The normalized spacial score (nSPS) is 12.8. The molecule has 1 heterocycles. The number of rotatable bonds is 5. The monoisotopic (exact) mass is 225 g/mol. The predicted octanol–water partition coefficient (Wildman–Crippen LogP) is 1.22. The lowest BCUT2D eigenvalue weighted by Crippen LogP contribution is -2.26. The van der Waals surface area contributed by atoms with Gasteiger partial charge < -0.3 is 15.0 Å². The Morgan fingerprint density at radius 2 is 2.31 bits per heavy atom. The lowest BCUT2D eigenvalue weighted by molar-refractivity contribution is 0.0510. The molecule has 2 N–H and O–H groups in total. The first-order valence-corrected chi connectivity index (χ1v) is 5.50. The summed E-state index contributed by atoms with van der Waals surface area (Å²) in [5.41, 5.74) is 6.17. The molecule has 1 atom stereocenters. The zero-order valence-electron chi connectivity index (χ0n) is 10.0. The van der Waals surface area contributed by atoms with Crippen LogP contribution in [-0.4, -0.2) is 28.7 Å². The van der Waals surface area contributed by atoms with Gasteiger partial charge in [0.25, 0.3) is 0 Å². The average molecular weight is 225 g/mol. The van der Waals surface area contributed by atoms with Gasteiger partial charge in [0.15, 0.2) is 0 Å². The molecule has 0 saturated carbocycles. The fourth-order valence-electron chi connectivity index (χ4n) is 1.64. The summed E-state index contributed by atoms with van der Waals surface area (Å²) < 4.78 is 6.76. The highest BCUT2D eigenvalue weighted by Crippen LogP contribution is 2.18. The second-order valence-corrected chi connectivity index (χ2v) is 3.95. The van der Waals surface area contributed by atoms with Crippen LogP contribution in [0.4, 0.5) is 0 Å². The van der Waals surface area contributed by atoms with Gasteiger partial charge in [0.2, 0.25) is 0 Å². The van der Waals surface area contributed by atoms with Crippen LogP contribution < -0.4 is 5.73 Å². The summed E-state index contributed by atoms with van der Waals surface area (Å²) in [4.78, 5) is 15.6. The molecule has 0 spiro atoms. The van der Waals surface area contributed by atoms with E-state index in [2.05, 4.69) is 18.8 Å². The van der Waals surface area contributed by atoms with Crippen LogP contribution in [0.2, 0.25) is 0 Å². The molecule has 0 fully saturated rings. The maximum absolute atomic E-state index is 11.6. The Labute approximate surface area is 95.6 Å². The van der Waals surface area contributed by atoms with Gasteiger partial charge in [0.05, 0.1) is 19.1 Å². The highest BCUT2D eigenvalue weighted by Gasteiger charge is 2.20. The van der Waals surface area contributed by atoms with Crippen LogP contribution in [-0.2, 0) is 4.74 Å². The van der Waals surface area contributed by atoms with Crippen molar-refractivity contribution in [2.75, 3.05) is 13.2 Å². The van der Waals surface area contributed by atoms with Crippen LogP contribution >= 0.6 is 0 Å². The molecule has 0 saturated heterocycles. The molecule has 1 aromatic heterocycles. The fraction of sp³-hybridized carbons (Fsp3) is 0.636. The number of carbonyl (C=O) groups excluding carboxylic acids is 1. The zero-order chi connectivity index (χ0) is 12.1. The van der Waals surface area contributed by atoms with E-state index in [1.54, 1.807) is 17.8 Å². The Kier molecular flexibility index (Phi) is 4.49. The summed E-state index contributed by atoms with van der Waals surface area (Å²) in [6, 6.07) is 0.0712. The minimum absolute atomic E-state index is 0.0712. The standard InChI is InChI=1S/C11H19N3O2/c1-4-16-11(15)10-6-13-7-14(10)9(5-12)8(2)3/h6-9H,4-5,12H2,1-3H3. The van der Waals surface area contributed by atoms with E-state index in [0.29, 0.717) is 24.8 Å². The summed E-state index contributed by atoms with van der Waals surface area (Å²) in [5.74, 6) is -0.00789. The number of nitrogens with zero attached hydrogens (tertiary/aromatic N) is 2. The quantitative estimate of drug-likeness (QED) is 0.765. The molecule has 1 unspecified atom stereocenters. The Bertz CT molecular complexity index is 347. The summed E-state index contributed by atoms with van der Waals surface area (Å²) in [6.45, 7) is 6.74. The van der Waals surface area contributed by atoms with Gasteiger partial charge >= 0.3 is 5.97 Å². The fourth-order valence-corrected chi connectivity index (χ4v) is 1.64. The summed E-state index contributed by atoms with van der Waals surface area (Å²) in [6.07, 6.45) is 3.15. The third-order valence-corrected chi connectivity index (χ3v) is 2.52. The SMILES string of the molecule is CCOC(=O)c1cncn1C(CN)C(C)C. The van der Waals surface area contributed by atoms with Crippen LogP contribution in [0.5, 0.6) is 0 Å². The van der Waals surface area contributed by atoms with Gasteiger partial charge in [-0.15, -0.1) is 0 Å². The average Bonchev–Trinajstić information content (AvgIpc) is 2.67. The minimum Gasteiger partial charge on any atom is -0.461 e. The maximum atomic E-state index is 11.6. The van der Waals surface area contributed by atoms with Crippen molar-refractivity contribution >= 4 is 5.97 Å². The van der Waals surface area contributed by atoms with Crippen LogP contribution in [0.1, 0.15) is 37.3 Å². The molecule has 0 aromatic carbocycles. The van der Waals surface area contributed by atoms with Crippen LogP contribution in [0.25, 0.3) is 0 Å². The van der Waals surface area contributed by atoms with Crippen molar-refractivity contribution in [3.63, 3.8) is 0 Å². The van der Waals surface area contributed by atoms with Gasteiger partial charge in [-0.2, -0.15) is 0 Å². The van der Waals surface area contributed by atoms with E-state index in [1.165, 1.54) is 6.20 Å². The second-order valence-electron chi connectivity index (χ2n) is 3.95. The number of hydrogen-bond acceptors (Lipinski definition) is 4. The minimum atomic E-state index is -0.348. The van der Waals surface area contributed by atoms with Crippen molar-refractivity contribution in [3.8, 4) is 0 Å². The molecule has 90 valence electrons. The molecule has 1 aromatic rings. The molecule has 5 nitrogen and oxygen atoms in total. The molecule has 5 heteroatoms. The van der Waals surface area contributed by atoms with Crippen molar-refractivity contribution in [2.45, 2.75) is 26.8 Å². The number of carbonyl (C=O) groups is 1. The lowest BCUT2D eigenvalue weighted by Gasteiger charge is -2.22. The van der Waals surface area contributed by atoms with E-state index in [1.807, 2.05) is 0 Å². The molecular formula is C11H19N3O2. The Morgan fingerprint density at radius 1 is 1.62 bits per heavy atom. The predicted molar refractivity (Wildman–Crippen MR) is 61.1 cm³/mol. The molecule has 0 bridgehead atoms. The van der Waals surface area contributed by atoms with Gasteiger partial charge in [-0.25, -0.2) is 9.78 Å². The van der Waals surface area contributed by atoms with Crippen molar-refractivity contribution in [1.29, 1.82) is 0 Å². The van der Waals surface area contributed by atoms with Crippen LogP contribution in [0, 0.1) is 5.92 Å². The van der Waals surface area contributed by atoms with Crippen molar-refractivity contribution in [2.24, 2.45) is 11.7 Å². The van der Waals surface area contributed by atoms with Crippen molar-refractivity contribution < 1.29 is 9.53 Å². The second kappa shape index (κ2) is 5.65. The summed E-state index contributed by atoms with van der Waals surface area (Å²) >= 11 is 0. The molecule has 16 heavy (non-hydrogen) atoms. The van der Waals surface area contributed by atoms with E-state index < -0.39 is 0 Å². The largest absolute Gasteiger partial charge is 0.461 e. The number of hydrogen-bond donors (Lipinski definition) is 1. The molecule has 0 aliphatic heterocycles. The van der Waals surface area contributed by atoms with E-state index in [9.17, 15) is 4.79 Å². The number of esters is 1. The number of imidazole rings is 1. The van der Waals surface area contributed by atoms with E-state index >= 15 is 0 Å². The molecule has 0 amide bonds. The first kappa shape index (κ1) is 12.7. The maximum Gasteiger partial charge on any atom is 0.356 e. The first-order valence-electron chi connectivity index (χ1n) is 5.50. The van der Waals surface area contributed by atoms with Gasteiger partial charge in [-0.1, -0.05) is 13.8 Å². The van der Waals surface area contributed by atoms with Crippen LogP contribution in [0.3, 0.4) is 0 Å². The summed E-state index contributed by atoms with van der Waals surface area (Å²) in [7, 11) is 0. The van der Waals surface area contributed by atoms with Gasteiger partial charge in [0, 0.05) is 12.6 Å². The highest BCUT2D eigenvalue weighted by molar-refractivity contribution is 5.87. The molecular weight excluding hydrogens is 206 g/mol. The number of nitrogens with two attached hydrogens (primary N) is 1. The molecule has 1 rings (SSSR count). The highest BCUT2D eigenvalue weighted by atomic mass is 16.5. The smallest absolute Gasteiger partial charge is 0.356 e. The van der Waals surface area contributed by atoms with E-state index in [0.717, 1.165) is 0 Å². The van der Waals surface area contributed by atoms with Crippen LogP contribution in [0.15, 0.2) is 12.5 Å². The van der Waals surface area contributed by atoms with Gasteiger partial charge in [0.1, 0.15) is 5.69 Å². The Hall–Kier alpha value is -1.36. The Balaban J connectivity index is 2.96. The third kappa shape index (κ3) is 2.61. The van der Waals surface area contributed by atoms with E-state index in [4.69, 9.17) is 10.5 Å². The van der Waals surface area contributed by atoms with Crippen molar-refractivity contribution in [3.05, 3.63) is 18.2 Å². The van der Waals surface area contributed by atoms with E-state index in [-0.39, 0.29) is 12.0 Å². The lowest BCUT2D eigenvalue weighted by atomic mass is 10.0. The molecule has 0 aliphatic rings. The molecule has 0 radical (unpaired) electrons. The van der Waals surface area contributed by atoms with Gasteiger partial charge in [-0.3, -0.25) is 0 Å². The number of aromatic nitrogens is 2. The topological polar surface area (TPSA) is 70.1 Å². The number of ether oxygens (including phenoxy) is 1. The third-order valence-electron chi connectivity index (χ3n) is 2.52. The van der Waals surface area contributed by atoms with Crippen molar-refractivity contribution in [1.82, 2.24) is 9.55 Å². The summed E-state index contributed by atoms with van der Waals surface area (Å²) in [5, 5.41) is 0. The Morgan fingerprint density at radius 3 is 2.81 bits per heavy atom. The first-order chi connectivity index (χ1) is 7.61.